The monoisotopic (exact) mass is 309 g/mol. The van der Waals surface area contributed by atoms with E-state index < -0.39 is 16.2 Å². The number of hydrogen-bond acceptors (Lipinski definition) is 4. The van der Waals surface area contributed by atoms with E-state index in [2.05, 4.69) is 4.72 Å². The lowest BCUT2D eigenvalue weighted by atomic mass is 10.3. The summed E-state index contributed by atoms with van der Waals surface area (Å²) in [5.41, 5.74) is 0. The number of hydrogen-bond donors (Lipinski definition) is 2. The summed E-state index contributed by atoms with van der Waals surface area (Å²) in [6, 6.07) is 0. The Morgan fingerprint density at radius 2 is 1.70 bits per heavy atom. The summed E-state index contributed by atoms with van der Waals surface area (Å²) in [6.07, 6.45) is -0.191. The van der Waals surface area contributed by atoms with E-state index in [0.29, 0.717) is 13.1 Å². The number of nitrogens with one attached hydrogen (secondary N) is 1. The van der Waals surface area contributed by atoms with Crippen LogP contribution in [0.1, 0.15) is 26.7 Å². The number of nitrogens with zero attached hydrogens (tertiary/aromatic N) is 2. The van der Waals surface area contributed by atoms with Crippen LogP contribution in [-0.4, -0.2) is 67.8 Å². The Bertz CT molecular complexity index is 420. The zero-order valence-corrected chi connectivity index (χ0v) is 12.9. The summed E-state index contributed by atoms with van der Waals surface area (Å²) in [7, 11) is -2.45. The predicted molar refractivity (Wildman–Crippen MR) is 74.4 cm³/mol. The van der Waals surface area contributed by atoms with Gasteiger partial charge in [0.1, 0.15) is 0 Å². The van der Waals surface area contributed by atoms with Crippen LogP contribution in [0.3, 0.4) is 0 Å². The van der Waals surface area contributed by atoms with E-state index >= 15 is 0 Å². The van der Waals surface area contributed by atoms with Gasteiger partial charge in [-0.25, -0.2) is 4.72 Å². The summed E-state index contributed by atoms with van der Waals surface area (Å²) in [6.45, 7) is 4.75. The molecule has 0 aromatic rings. The molecule has 1 amide bonds. The number of carboxylic acids is 1. The maximum absolute atomic E-state index is 11.7. The average molecular weight is 309 g/mol. The number of carbonyl (C=O) groups is 2. The van der Waals surface area contributed by atoms with E-state index in [1.165, 1.54) is 7.05 Å². The van der Waals surface area contributed by atoms with Gasteiger partial charge in [0.05, 0.1) is 6.42 Å². The highest BCUT2D eigenvalue weighted by molar-refractivity contribution is 7.87. The van der Waals surface area contributed by atoms with Crippen LogP contribution in [0.15, 0.2) is 0 Å². The molecule has 0 unspecified atom stereocenters. The number of aliphatic carboxylic acids is 1. The molecule has 0 rings (SSSR count). The van der Waals surface area contributed by atoms with Crippen molar-refractivity contribution in [3.63, 3.8) is 0 Å². The third kappa shape index (κ3) is 6.83. The van der Waals surface area contributed by atoms with E-state index in [1.54, 1.807) is 4.90 Å². The summed E-state index contributed by atoms with van der Waals surface area (Å²) >= 11 is 0. The lowest BCUT2D eigenvalue weighted by molar-refractivity contribution is -0.137. The number of carbonyl (C=O) groups excluding carboxylic acids is 1. The van der Waals surface area contributed by atoms with E-state index in [4.69, 9.17) is 5.11 Å². The Kier molecular flexibility index (Phi) is 8.35. The fourth-order valence-corrected chi connectivity index (χ4v) is 2.42. The van der Waals surface area contributed by atoms with Crippen LogP contribution in [0.25, 0.3) is 0 Å². The molecular formula is C11H23N3O5S. The first kappa shape index (κ1) is 18.8. The van der Waals surface area contributed by atoms with Gasteiger partial charge in [-0.1, -0.05) is 0 Å². The van der Waals surface area contributed by atoms with Gasteiger partial charge < -0.3 is 10.0 Å². The van der Waals surface area contributed by atoms with Gasteiger partial charge in [0.2, 0.25) is 5.91 Å². The first-order chi connectivity index (χ1) is 9.24. The van der Waals surface area contributed by atoms with Gasteiger partial charge in [0.25, 0.3) is 10.2 Å². The van der Waals surface area contributed by atoms with Gasteiger partial charge in [-0.15, -0.1) is 0 Å². The molecule has 0 aliphatic rings. The van der Waals surface area contributed by atoms with Gasteiger partial charge >= 0.3 is 5.97 Å². The molecule has 0 spiro atoms. The molecular weight excluding hydrogens is 286 g/mol. The Morgan fingerprint density at radius 3 is 2.15 bits per heavy atom. The molecule has 0 atom stereocenters. The van der Waals surface area contributed by atoms with Gasteiger partial charge in [-0.2, -0.15) is 12.7 Å². The smallest absolute Gasteiger partial charge is 0.304 e. The first-order valence-electron chi connectivity index (χ1n) is 6.45. The Hall–Kier alpha value is -1.19. The van der Waals surface area contributed by atoms with Gasteiger partial charge in [-0.05, 0) is 13.8 Å². The Labute approximate surface area is 119 Å². The van der Waals surface area contributed by atoms with E-state index in [9.17, 15) is 18.0 Å². The van der Waals surface area contributed by atoms with Crippen molar-refractivity contribution in [2.45, 2.75) is 26.7 Å². The second-order valence-electron chi connectivity index (χ2n) is 4.18. The third-order valence-corrected chi connectivity index (χ3v) is 4.36. The highest BCUT2D eigenvalue weighted by Crippen LogP contribution is 1.98. The second kappa shape index (κ2) is 8.88. The molecule has 0 radical (unpaired) electrons. The summed E-state index contributed by atoms with van der Waals surface area (Å²) < 4.78 is 26.7. The Morgan fingerprint density at radius 1 is 1.15 bits per heavy atom. The van der Waals surface area contributed by atoms with Crippen molar-refractivity contribution in [3.8, 4) is 0 Å². The minimum atomic E-state index is -3.74. The van der Waals surface area contributed by atoms with E-state index in [1.807, 2.05) is 13.8 Å². The largest absolute Gasteiger partial charge is 0.481 e. The summed E-state index contributed by atoms with van der Waals surface area (Å²) in [4.78, 5) is 23.7. The van der Waals surface area contributed by atoms with Crippen molar-refractivity contribution >= 4 is 22.1 Å². The number of carboxylic acid groups (broad SMARTS) is 1. The normalized spacial score (nSPS) is 11.6. The standard InChI is InChI=1S/C11H23N3O5S/c1-4-14(5-2)10(15)6-8-12-20(18,19)13(3)9-7-11(16)17/h12H,4-9H2,1-3H3,(H,16,17). The third-order valence-electron chi connectivity index (χ3n) is 2.79. The second-order valence-corrected chi connectivity index (χ2v) is 6.04. The van der Waals surface area contributed by atoms with Crippen LogP contribution >= 0.6 is 0 Å². The van der Waals surface area contributed by atoms with Crippen molar-refractivity contribution < 1.29 is 23.1 Å². The van der Waals surface area contributed by atoms with Crippen molar-refractivity contribution in [2.75, 3.05) is 33.2 Å². The molecule has 9 heteroatoms. The molecule has 0 heterocycles. The molecule has 0 fully saturated rings. The topological polar surface area (TPSA) is 107 Å². The molecule has 20 heavy (non-hydrogen) atoms. The molecule has 0 saturated carbocycles. The molecule has 118 valence electrons. The molecule has 0 aromatic carbocycles. The van der Waals surface area contributed by atoms with Gasteiger partial charge in [0, 0.05) is 39.6 Å². The molecule has 8 nitrogen and oxygen atoms in total. The highest BCUT2D eigenvalue weighted by Gasteiger charge is 2.18. The molecule has 0 aliphatic carbocycles. The van der Waals surface area contributed by atoms with Crippen LogP contribution in [0, 0.1) is 0 Å². The minimum Gasteiger partial charge on any atom is -0.481 e. The predicted octanol–water partition coefficient (Wildman–Crippen LogP) is -0.514. The zero-order chi connectivity index (χ0) is 15.8. The first-order valence-corrected chi connectivity index (χ1v) is 7.89. The fourth-order valence-electron chi connectivity index (χ4n) is 1.50. The van der Waals surface area contributed by atoms with Crippen LogP contribution < -0.4 is 4.72 Å². The molecule has 0 bridgehead atoms. The van der Waals surface area contributed by atoms with E-state index in [0.717, 1.165) is 4.31 Å². The molecule has 0 saturated heterocycles. The van der Waals surface area contributed by atoms with Crippen molar-refractivity contribution in [1.82, 2.24) is 13.9 Å². The molecule has 0 aliphatic heterocycles. The quantitative estimate of drug-likeness (QED) is 0.565. The maximum Gasteiger partial charge on any atom is 0.304 e. The maximum atomic E-state index is 11.7. The fraction of sp³-hybridized carbons (Fsp3) is 0.818. The molecule has 0 aromatic heterocycles. The zero-order valence-electron chi connectivity index (χ0n) is 12.1. The lowest BCUT2D eigenvalue weighted by Crippen LogP contribution is -2.41. The molecule has 2 N–H and O–H groups in total. The summed E-state index contributed by atoms with van der Waals surface area (Å²) in [5, 5.41) is 8.50. The van der Waals surface area contributed by atoms with Gasteiger partial charge in [0.15, 0.2) is 0 Å². The highest BCUT2D eigenvalue weighted by atomic mass is 32.2. The average Bonchev–Trinajstić information content (AvgIpc) is 2.36. The van der Waals surface area contributed by atoms with Crippen LogP contribution in [0.4, 0.5) is 0 Å². The van der Waals surface area contributed by atoms with Crippen molar-refractivity contribution in [2.24, 2.45) is 0 Å². The van der Waals surface area contributed by atoms with E-state index in [-0.39, 0.29) is 31.8 Å². The van der Waals surface area contributed by atoms with Gasteiger partial charge in [-0.3, -0.25) is 9.59 Å². The van der Waals surface area contributed by atoms with Crippen molar-refractivity contribution in [3.05, 3.63) is 0 Å². The van der Waals surface area contributed by atoms with Crippen LogP contribution in [-0.2, 0) is 19.8 Å². The SMILES string of the molecule is CCN(CC)C(=O)CCNS(=O)(=O)N(C)CCC(=O)O. The number of rotatable bonds is 10. The van der Waals surface area contributed by atoms with Crippen LogP contribution in [0.5, 0.6) is 0 Å². The Balaban J connectivity index is 4.22. The number of amides is 1. The minimum absolute atomic E-state index is 0.00488. The summed E-state index contributed by atoms with van der Waals surface area (Å²) in [5.74, 6) is -1.19. The lowest BCUT2D eigenvalue weighted by Gasteiger charge is -2.20. The van der Waals surface area contributed by atoms with Crippen LogP contribution in [0.2, 0.25) is 0 Å². The van der Waals surface area contributed by atoms with Crippen molar-refractivity contribution in [1.29, 1.82) is 0 Å².